The minimum absolute atomic E-state index is 0.0364. The molecule has 6 nitrogen and oxygen atoms in total. The van der Waals surface area contributed by atoms with Gasteiger partial charge >= 0.3 is 0 Å². The van der Waals surface area contributed by atoms with Crippen molar-refractivity contribution in [2.24, 2.45) is 5.84 Å². The first-order valence-corrected chi connectivity index (χ1v) is 6.54. The highest BCUT2D eigenvalue weighted by molar-refractivity contribution is 7.99. The number of nitrogens with zero attached hydrogens (tertiary/aromatic N) is 1. The number of nitro groups is 1. The summed E-state index contributed by atoms with van der Waals surface area (Å²) in [6.45, 7) is 3.62. The van der Waals surface area contributed by atoms with E-state index in [-0.39, 0.29) is 10.9 Å². The minimum Gasteiger partial charge on any atom is -0.392 e. The maximum atomic E-state index is 10.7. The molecule has 0 aliphatic heterocycles. The molecular weight excluding hydrogens is 254 g/mol. The van der Waals surface area contributed by atoms with Crippen molar-refractivity contribution in [3.05, 3.63) is 33.9 Å². The normalized spacial score (nSPS) is 14.0. The Hall–Kier alpha value is -1.31. The van der Waals surface area contributed by atoms with E-state index in [0.29, 0.717) is 11.4 Å². The van der Waals surface area contributed by atoms with E-state index in [1.54, 1.807) is 13.0 Å². The van der Waals surface area contributed by atoms with E-state index in [0.717, 1.165) is 5.56 Å². The zero-order chi connectivity index (χ0) is 13.7. The van der Waals surface area contributed by atoms with Crippen molar-refractivity contribution in [1.82, 2.24) is 0 Å². The molecule has 1 rings (SSSR count). The second-order valence-electron chi connectivity index (χ2n) is 4.00. The van der Waals surface area contributed by atoms with Crippen LogP contribution in [0.15, 0.2) is 18.2 Å². The summed E-state index contributed by atoms with van der Waals surface area (Å²) in [5.41, 5.74) is 3.96. The highest BCUT2D eigenvalue weighted by atomic mass is 32.2. The number of benzene rings is 1. The number of non-ortho nitro benzene ring substituents is 1. The first kappa shape index (κ1) is 14.7. The average molecular weight is 271 g/mol. The third-order valence-electron chi connectivity index (χ3n) is 2.64. The molecule has 0 spiro atoms. The van der Waals surface area contributed by atoms with Gasteiger partial charge in [-0.15, -0.1) is 0 Å². The maximum Gasteiger partial charge on any atom is 0.269 e. The molecule has 2 atom stereocenters. The quantitative estimate of drug-likeness (QED) is 0.415. The molecule has 1 aromatic rings. The predicted octanol–water partition coefficient (Wildman–Crippen LogP) is 1.88. The lowest BCUT2D eigenvalue weighted by atomic mass is 10.2. The van der Waals surface area contributed by atoms with Crippen LogP contribution in [-0.4, -0.2) is 21.4 Å². The Kier molecular flexibility index (Phi) is 5.39. The molecule has 0 aliphatic rings. The zero-order valence-electron chi connectivity index (χ0n) is 10.3. The smallest absolute Gasteiger partial charge is 0.269 e. The molecule has 0 saturated heterocycles. The Morgan fingerprint density at radius 2 is 2.22 bits per heavy atom. The number of anilines is 1. The highest BCUT2D eigenvalue weighted by Gasteiger charge is 2.13. The molecule has 100 valence electrons. The topological polar surface area (TPSA) is 101 Å². The van der Waals surface area contributed by atoms with Crippen LogP contribution in [-0.2, 0) is 5.75 Å². The van der Waals surface area contributed by atoms with Gasteiger partial charge in [-0.25, -0.2) is 0 Å². The molecule has 4 N–H and O–H groups in total. The summed E-state index contributed by atoms with van der Waals surface area (Å²) < 4.78 is 0. The summed E-state index contributed by atoms with van der Waals surface area (Å²) >= 11 is 1.52. The number of nitrogens with one attached hydrogen (secondary N) is 1. The summed E-state index contributed by atoms with van der Waals surface area (Å²) in [6, 6.07) is 4.49. The standard InChI is InChI=1S/C11H17N3O3S/c1-7(15)8(2)18-6-9-5-10(14(16)17)3-4-11(9)13-12/h3-5,7-8,13,15H,6,12H2,1-2H3. The van der Waals surface area contributed by atoms with Gasteiger partial charge in [0.2, 0.25) is 0 Å². The monoisotopic (exact) mass is 271 g/mol. The van der Waals surface area contributed by atoms with Gasteiger partial charge in [0.25, 0.3) is 5.69 Å². The summed E-state index contributed by atoms with van der Waals surface area (Å²) in [5.74, 6) is 5.91. The Morgan fingerprint density at radius 3 is 2.72 bits per heavy atom. The molecule has 0 amide bonds. The van der Waals surface area contributed by atoms with Gasteiger partial charge < -0.3 is 10.5 Å². The number of hydrogen-bond acceptors (Lipinski definition) is 6. The van der Waals surface area contributed by atoms with Crippen LogP contribution < -0.4 is 11.3 Å². The van der Waals surface area contributed by atoms with Crippen LogP contribution in [0.3, 0.4) is 0 Å². The van der Waals surface area contributed by atoms with Crippen molar-refractivity contribution in [2.45, 2.75) is 31.0 Å². The second kappa shape index (κ2) is 6.58. The van der Waals surface area contributed by atoms with E-state index in [2.05, 4.69) is 5.43 Å². The summed E-state index contributed by atoms with van der Waals surface area (Å²) in [5, 5.41) is 20.2. The largest absolute Gasteiger partial charge is 0.392 e. The molecule has 0 fully saturated rings. The summed E-state index contributed by atoms with van der Waals surface area (Å²) in [4.78, 5) is 10.3. The van der Waals surface area contributed by atoms with Crippen LogP contribution in [0.25, 0.3) is 0 Å². The van der Waals surface area contributed by atoms with Crippen LogP contribution in [0.5, 0.6) is 0 Å². The fraction of sp³-hybridized carbons (Fsp3) is 0.455. The van der Waals surface area contributed by atoms with Gasteiger partial charge in [-0.05, 0) is 18.6 Å². The number of aliphatic hydroxyl groups excluding tert-OH is 1. The van der Waals surface area contributed by atoms with E-state index >= 15 is 0 Å². The van der Waals surface area contributed by atoms with Gasteiger partial charge in [-0.1, -0.05) is 6.92 Å². The Morgan fingerprint density at radius 1 is 1.56 bits per heavy atom. The van der Waals surface area contributed by atoms with Crippen molar-refractivity contribution in [2.75, 3.05) is 5.43 Å². The fourth-order valence-corrected chi connectivity index (χ4v) is 2.27. The molecule has 0 heterocycles. The Balaban J connectivity index is 2.84. The number of thioether (sulfide) groups is 1. The molecule has 0 aliphatic carbocycles. The van der Waals surface area contributed by atoms with Crippen molar-refractivity contribution in [3.8, 4) is 0 Å². The van der Waals surface area contributed by atoms with Crippen molar-refractivity contribution < 1.29 is 10.0 Å². The third kappa shape index (κ3) is 3.86. The number of nitrogens with two attached hydrogens (primary N) is 1. The number of hydrogen-bond donors (Lipinski definition) is 3. The van der Waals surface area contributed by atoms with E-state index in [1.807, 2.05) is 6.92 Å². The minimum atomic E-state index is -0.438. The molecule has 0 radical (unpaired) electrons. The van der Waals surface area contributed by atoms with Crippen molar-refractivity contribution in [3.63, 3.8) is 0 Å². The van der Waals surface area contributed by atoms with Crippen LogP contribution in [0.2, 0.25) is 0 Å². The lowest BCUT2D eigenvalue weighted by Gasteiger charge is -2.15. The predicted molar refractivity (Wildman–Crippen MR) is 73.3 cm³/mol. The van der Waals surface area contributed by atoms with Gasteiger partial charge in [-0.2, -0.15) is 11.8 Å². The number of rotatable bonds is 6. The summed E-state index contributed by atoms with van der Waals surface area (Å²) in [7, 11) is 0. The van der Waals surface area contributed by atoms with Gasteiger partial charge in [0.1, 0.15) is 0 Å². The average Bonchev–Trinajstić information content (AvgIpc) is 2.35. The Labute approximate surface area is 110 Å². The van der Waals surface area contributed by atoms with Gasteiger partial charge in [0.05, 0.1) is 16.7 Å². The zero-order valence-corrected chi connectivity index (χ0v) is 11.1. The van der Waals surface area contributed by atoms with E-state index in [9.17, 15) is 15.2 Å². The first-order chi connectivity index (χ1) is 8.45. The maximum absolute atomic E-state index is 10.7. The number of aliphatic hydroxyl groups is 1. The third-order valence-corrected chi connectivity index (χ3v) is 4.03. The molecule has 2 unspecified atom stereocenters. The molecule has 1 aromatic carbocycles. The van der Waals surface area contributed by atoms with Crippen LogP contribution in [0.1, 0.15) is 19.4 Å². The van der Waals surface area contributed by atoms with Crippen LogP contribution in [0.4, 0.5) is 11.4 Å². The van der Waals surface area contributed by atoms with Crippen molar-refractivity contribution >= 4 is 23.1 Å². The van der Waals surface area contributed by atoms with E-state index < -0.39 is 11.0 Å². The number of hydrazine groups is 1. The fourth-order valence-electron chi connectivity index (χ4n) is 1.31. The van der Waals surface area contributed by atoms with Gasteiger partial charge in [-0.3, -0.25) is 16.0 Å². The molecule has 7 heteroatoms. The molecule has 0 aromatic heterocycles. The summed E-state index contributed by atoms with van der Waals surface area (Å²) in [6.07, 6.45) is -0.428. The molecule has 0 bridgehead atoms. The lowest BCUT2D eigenvalue weighted by Crippen LogP contribution is -2.16. The van der Waals surface area contributed by atoms with Gasteiger partial charge in [0, 0.05) is 23.1 Å². The second-order valence-corrected chi connectivity index (χ2v) is 5.37. The van der Waals surface area contributed by atoms with E-state index in [1.165, 1.54) is 23.9 Å². The number of nitro benzene ring substituents is 1. The highest BCUT2D eigenvalue weighted by Crippen LogP contribution is 2.27. The van der Waals surface area contributed by atoms with Crippen molar-refractivity contribution in [1.29, 1.82) is 0 Å². The first-order valence-electron chi connectivity index (χ1n) is 5.49. The van der Waals surface area contributed by atoms with E-state index in [4.69, 9.17) is 5.84 Å². The lowest BCUT2D eigenvalue weighted by molar-refractivity contribution is -0.384. The van der Waals surface area contributed by atoms with Gasteiger partial charge in [0.15, 0.2) is 0 Å². The van der Waals surface area contributed by atoms with Crippen LogP contribution >= 0.6 is 11.8 Å². The molecule has 18 heavy (non-hydrogen) atoms. The number of nitrogen functional groups attached to an aromatic ring is 1. The molecular formula is C11H17N3O3S. The SMILES string of the molecule is CC(O)C(C)SCc1cc([N+](=O)[O-])ccc1NN. The van der Waals surface area contributed by atoms with Crippen LogP contribution in [0, 0.1) is 10.1 Å². The molecule has 0 saturated carbocycles. The Bertz CT molecular complexity index is 426.